The minimum absolute atomic E-state index is 0.109. The molecule has 7 heteroatoms. The SMILES string of the molecule is CC(C)[C@H](NC(N)=O)C(=O)Nc1ccc(C(=O)N(C)C)cc1. The van der Waals surface area contributed by atoms with E-state index in [0.29, 0.717) is 11.3 Å². The molecule has 1 aromatic rings. The van der Waals surface area contributed by atoms with Gasteiger partial charge in [-0.05, 0) is 30.2 Å². The summed E-state index contributed by atoms with van der Waals surface area (Å²) in [6.45, 7) is 3.61. The molecule has 22 heavy (non-hydrogen) atoms. The molecule has 0 aromatic heterocycles. The molecule has 4 amide bonds. The molecule has 0 heterocycles. The second-order valence-electron chi connectivity index (χ2n) is 5.50. The van der Waals surface area contributed by atoms with Crippen molar-refractivity contribution in [2.75, 3.05) is 19.4 Å². The van der Waals surface area contributed by atoms with Crippen LogP contribution in [-0.4, -0.2) is 42.9 Å². The van der Waals surface area contributed by atoms with Gasteiger partial charge in [-0.3, -0.25) is 9.59 Å². The summed E-state index contributed by atoms with van der Waals surface area (Å²) in [6.07, 6.45) is 0. The van der Waals surface area contributed by atoms with E-state index in [0.717, 1.165) is 0 Å². The molecule has 7 nitrogen and oxygen atoms in total. The molecule has 0 aliphatic heterocycles. The van der Waals surface area contributed by atoms with Crippen LogP contribution in [-0.2, 0) is 4.79 Å². The number of rotatable bonds is 5. The highest BCUT2D eigenvalue weighted by Gasteiger charge is 2.23. The van der Waals surface area contributed by atoms with Crippen LogP contribution in [0.1, 0.15) is 24.2 Å². The number of nitrogens with two attached hydrogens (primary N) is 1. The number of amides is 4. The van der Waals surface area contributed by atoms with Gasteiger partial charge < -0.3 is 21.3 Å². The van der Waals surface area contributed by atoms with Crippen LogP contribution in [0.2, 0.25) is 0 Å². The Morgan fingerprint density at radius 2 is 1.64 bits per heavy atom. The normalized spacial score (nSPS) is 11.7. The zero-order chi connectivity index (χ0) is 16.9. The quantitative estimate of drug-likeness (QED) is 0.756. The Hall–Kier alpha value is -2.57. The maximum Gasteiger partial charge on any atom is 0.312 e. The van der Waals surface area contributed by atoms with Crippen molar-refractivity contribution in [3.63, 3.8) is 0 Å². The first-order valence-electron chi connectivity index (χ1n) is 6.91. The Morgan fingerprint density at radius 1 is 1.09 bits per heavy atom. The minimum atomic E-state index is -0.749. The van der Waals surface area contributed by atoms with Gasteiger partial charge in [-0.25, -0.2) is 4.79 Å². The van der Waals surface area contributed by atoms with Gasteiger partial charge in [0.05, 0.1) is 0 Å². The number of hydrogen-bond acceptors (Lipinski definition) is 3. The van der Waals surface area contributed by atoms with Crippen molar-refractivity contribution in [2.24, 2.45) is 11.7 Å². The molecule has 0 radical (unpaired) electrons. The standard InChI is InChI=1S/C15H22N4O3/c1-9(2)12(18-15(16)22)13(20)17-11-7-5-10(6-8-11)14(21)19(3)4/h5-9,12H,1-4H3,(H,17,20)(H3,16,18,22)/t12-/m0/s1. The maximum absolute atomic E-state index is 12.2. The Balaban J connectivity index is 2.79. The summed E-state index contributed by atoms with van der Waals surface area (Å²) in [6, 6.07) is 5.06. The van der Waals surface area contributed by atoms with Crippen LogP contribution < -0.4 is 16.4 Å². The number of anilines is 1. The third kappa shape index (κ3) is 4.76. The summed E-state index contributed by atoms with van der Waals surface area (Å²) in [4.78, 5) is 36.3. The zero-order valence-electron chi connectivity index (χ0n) is 13.2. The highest BCUT2D eigenvalue weighted by molar-refractivity contribution is 5.98. The van der Waals surface area contributed by atoms with E-state index in [2.05, 4.69) is 10.6 Å². The van der Waals surface area contributed by atoms with Crippen LogP contribution in [0, 0.1) is 5.92 Å². The fourth-order valence-electron chi connectivity index (χ4n) is 1.86. The molecule has 1 aromatic carbocycles. The van der Waals surface area contributed by atoms with E-state index in [4.69, 9.17) is 5.73 Å². The Morgan fingerprint density at radius 3 is 2.05 bits per heavy atom. The summed E-state index contributed by atoms with van der Waals surface area (Å²) in [5.74, 6) is -0.587. The number of carbonyl (C=O) groups is 3. The van der Waals surface area contributed by atoms with Crippen LogP contribution in [0.4, 0.5) is 10.5 Å². The number of nitrogens with zero attached hydrogens (tertiary/aromatic N) is 1. The first-order valence-corrected chi connectivity index (χ1v) is 6.91. The molecule has 0 saturated carbocycles. The Bertz CT molecular complexity index is 552. The van der Waals surface area contributed by atoms with E-state index in [9.17, 15) is 14.4 Å². The molecule has 1 atom stereocenters. The van der Waals surface area contributed by atoms with E-state index in [-0.39, 0.29) is 17.7 Å². The van der Waals surface area contributed by atoms with Crippen molar-refractivity contribution < 1.29 is 14.4 Å². The molecule has 0 fully saturated rings. The minimum Gasteiger partial charge on any atom is -0.352 e. The van der Waals surface area contributed by atoms with Gasteiger partial charge >= 0.3 is 6.03 Å². The third-order valence-corrected chi connectivity index (χ3v) is 3.05. The van der Waals surface area contributed by atoms with Crippen LogP contribution in [0.3, 0.4) is 0 Å². The van der Waals surface area contributed by atoms with Crippen LogP contribution in [0.5, 0.6) is 0 Å². The second-order valence-corrected chi connectivity index (χ2v) is 5.50. The van der Waals surface area contributed by atoms with E-state index in [1.54, 1.807) is 52.2 Å². The molecule has 1 rings (SSSR count). The summed E-state index contributed by atoms with van der Waals surface area (Å²) in [7, 11) is 3.33. The lowest BCUT2D eigenvalue weighted by Crippen LogP contribution is -2.49. The number of nitrogens with one attached hydrogen (secondary N) is 2. The van der Waals surface area contributed by atoms with Crippen molar-refractivity contribution in [1.29, 1.82) is 0 Å². The van der Waals surface area contributed by atoms with Gasteiger partial charge in [0, 0.05) is 25.3 Å². The molecule has 0 aliphatic carbocycles. The van der Waals surface area contributed by atoms with E-state index in [1.165, 1.54) is 4.90 Å². The summed E-state index contributed by atoms with van der Waals surface area (Å²) in [5.41, 5.74) is 6.14. The monoisotopic (exact) mass is 306 g/mol. The van der Waals surface area contributed by atoms with Gasteiger partial charge in [0.1, 0.15) is 6.04 Å². The molecule has 0 unspecified atom stereocenters. The van der Waals surface area contributed by atoms with Crippen molar-refractivity contribution in [1.82, 2.24) is 10.2 Å². The smallest absolute Gasteiger partial charge is 0.312 e. The lowest BCUT2D eigenvalue weighted by molar-refractivity contribution is -0.118. The average Bonchev–Trinajstić information content (AvgIpc) is 2.44. The zero-order valence-corrected chi connectivity index (χ0v) is 13.2. The number of hydrogen-bond donors (Lipinski definition) is 3. The lowest BCUT2D eigenvalue weighted by atomic mass is 10.0. The van der Waals surface area contributed by atoms with Crippen molar-refractivity contribution in [2.45, 2.75) is 19.9 Å². The van der Waals surface area contributed by atoms with Gasteiger partial charge in [-0.1, -0.05) is 13.8 Å². The van der Waals surface area contributed by atoms with Crippen LogP contribution in [0.15, 0.2) is 24.3 Å². The fraction of sp³-hybridized carbons (Fsp3) is 0.400. The van der Waals surface area contributed by atoms with Crippen molar-refractivity contribution >= 4 is 23.5 Å². The number of urea groups is 1. The fourth-order valence-corrected chi connectivity index (χ4v) is 1.86. The van der Waals surface area contributed by atoms with Gasteiger partial charge in [-0.2, -0.15) is 0 Å². The van der Waals surface area contributed by atoms with E-state index in [1.807, 2.05) is 0 Å². The average molecular weight is 306 g/mol. The highest BCUT2D eigenvalue weighted by atomic mass is 16.2. The molecule has 120 valence electrons. The van der Waals surface area contributed by atoms with Gasteiger partial charge in [0.25, 0.3) is 5.91 Å². The first-order chi connectivity index (χ1) is 10.2. The van der Waals surface area contributed by atoms with E-state index >= 15 is 0 Å². The Labute approximate surface area is 129 Å². The number of benzene rings is 1. The van der Waals surface area contributed by atoms with Crippen molar-refractivity contribution in [3.8, 4) is 0 Å². The molecular weight excluding hydrogens is 284 g/mol. The Kier molecular flexibility index (Phi) is 5.91. The predicted octanol–water partition coefficient (Wildman–Crippen LogP) is 1.02. The first kappa shape index (κ1) is 17.5. The highest BCUT2D eigenvalue weighted by Crippen LogP contribution is 2.12. The summed E-state index contributed by atoms with van der Waals surface area (Å²) in [5, 5.41) is 5.10. The number of primary amides is 1. The lowest BCUT2D eigenvalue weighted by Gasteiger charge is -2.20. The summed E-state index contributed by atoms with van der Waals surface area (Å²) >= 11 is 0. The summed E-state index contributed by atoms with van der Waals surface area (Å²) < 4.78 is 0. The van der Waals surface area contributed by atoms with Gasteiger partial charge in [0.2, 0.25) is 5.91 Å². The molecule has 0 spiro atoms. The van der Waals surface area contributed by atoms with Gasteiger partial charge in [-0.15, -0.1) is 0 Å². The van der Waals surface area contributed by atoms with E-state index < -0.39 is 12.1 Å². The second kappa shape index (κ2) is 7.44. The topological polar surface area (TPSA) is 105 Å². The molecule has 0 aliphatic rings. The third-order valence-electron chi connectivity index (χ3n) is 3.05. The van der Waals surface area contributed by atoms with Crippen molar-refractivity contribution in [3.05, 3.63) is 29.8 Å². The van der Waals surface area contributed by atoms with Gasteiger partial charge in [0.15, 0.2) is 0 Å². The molecule has 0 saturated heterocycles. The van der Waals surface area contributed by atoms with Crippen LogP contribution >= 0.6 is 0 Å². The molecule has 4 N–H and O–H groups in total. The molecule has 0 bridgehead atoms. The number of carbonyl (C=O) groups excluding carboxylic acids is 3. The maximum atomic E-state index is 12.2. The van der Waals surface area contributed by atoms with Crippen LogP contribution in [0.25, 0.3) is 0 Å². The largest absolute Gasteiger partial charge is 0.352 e. The predicted molar refractivity (Wildman–Crippen MR) is 84.4 cm³/mol. The molecular formula is C15H22N4O3.